The van der Waals surface area contributed by atoms with Crippen LogP contribution in [0.2, 0.25) is 0 Å². The smallest absolute Gasteiger partial charge is 0.147 e. The fourth-order valence-corrected chi connectivity index (χ4v) is 1.81. The molecule has 2 aromatic rings. The molecule has 0 amide bonds. The van der Waals surface area contributed by atoms with Crippen LogP contribution in [0.25, 0.3) is 10.2 Å². The average molecular weight is 165 g/mol. The lowest BCUT2D eigenvalue weighted by atomic mass is 10.4. The summed E-state index contributed by atoms with van der Waals surface area (Å²) in [5.74, 6) is 0.907. The van der Waals surface area contributed by atoms with Gasteiger partial charge >= 0.3 is 0 Å². The van der Waals surface area contributed by atoms with E-state index in [-0.39, 0.29) is 0 Å². The third-order valence-electron chi connectivity index (χ3n) is 1.48. The van der Waals surface area contributed by atoms with E-state index in [4.69, 9.17) is 0 Å². The zero-order valence-electron chi connectivity index (χ0n) is 6.03. The van der Waals surface area contributed by atoms with Crippen molar-refractivity contribution in [3.63, 3.8) is 0 Å². The second-order valence-electron chi connectivity index (χ2n) is 2.11. The Morgan fingerprint density at radius 1 is 1.45 bits per heavy atom. The Labute approximate surface area is 68.1 Å². The van der Waals surface area contributed by atoms with Crippen molar-refractivity contribution in [2.24, 2.45) is 0 Å². The minimum Gasteiger partial charge on any atom is -0.372 e. The van der Waals surface area contributed by atoms with Gasteiger partial charge in [-0.05, 0) is 11.4 Å². The van der Waals surface area contributed by atoms with Gasteiger partial charge in [0.05, 0.1) is 10.2 Å². The van der Waals surface area contributed by atoms with Crippen LogP contribution in [0.3, 0.4) is 0 Å². The first kappa shape index (κ1) is 6.54. The third-order valence-corrected chi connectivity index (χ3v) is 2.39. The highest BCUT2D eigenvalue weighted by Crippen LogP contribution is 2.23. The highest BCUT2D eigenvalue weighted by Gasteiger charge is 2.00. The predicted octanol–water partition coefficient (Wildman–Crippen LogP) is 1.73. The van der Waals surface area contributed by atoms with Gasteiger partial charge in [-0.2, -0.15) is 0 Å². The highest BCUT2D eigenvalue weighted by molar-refractivity contribution is 7.17. The van der Waals surface area contributed by atoms with Crippen LogP contribution in [0.1, 0.15) is 0 Å². The number of hydrogen-bond donors (Lipinski definition) is 1. The molecule has 0 aliphatic rings. The fraction of sp³-hybridized carbons (Fsp3) is 0.143. The largest absolute Gasteiger partial charge is 0.372 e. The van der Waals surface area contributed by atoms with Crippen LogP contribution in [0.15, 0.2) is 17.8 Å². The molecule has 0 radical (unpaired) electrons. The molecular weight excluding hydrogens is 158 g/mol. The topological polar surface area (TPSA) is 37.8 Å². The minimum atomic E-state index is 0.907. The molecule has 2 heterocycles. The van der Waals surface area contributed by atoms with E-state index in [1.165, 1.54) is 0 Å². The second kappa shape index (κ2) is 2.47. The van der Waals surface area contributed by atoms with Gasteiger partial charge in [0.25, 0.3) is 0 Å². The predicted molar refractivity (Wildman–Crippen MR) is 47.0 cm³/mol. The number of fused-ring (bicyclic) bond motifs is 1. The maximum absolute atomic E-state index is 4.11. The Morgan fingerprint density at radius 3 is 3.18 bits per heavy atom. The number of anilines is 1. The first-order valence-corrected chi connectivity index (χ1v) is 4.16. The van der Waals surface area contributed by atoms with Gasteiger partial charge in [0.15, 0.2) is 0 Å². The number of hydrogen-bond acceptors (Lipinski definition) is 4. The SMILES string of the molecule is CNc1ncnc2ccsc12. The summed E-state index contributed by atoms with van der Waals surface area (Å²) in [6, 6.07) is 1.99. The molecule has 0 saturated heterocycles. The zero-order valence-corrected chi connectivity index (χ0v) is 6.85. The van der Waals surface area contributed by atoms with Crippen molar-refractivity contribution in [1.82, 2.24) is 9.97 Å². The molecule has 0 saturated carbocycles. The minimum absolute atomic E-state index is 0.907. The lowest BCUT2D eigenvalue weighted by molar-refractivity contribution is 1.22. The van der Waals surface area contributed by atoms with Crippen molar-refractivity contribution < 1.29 is 0 Å². The molecule has 56 valence electrons. The van der Waals surface area contributed by atoms with Crippen molar-refractivity contribution in [3.8, 4) is 0 Å². The Bertz CT molecular complexity index is 368. The maximum atomic E-state index is 4.11. The van der Waals surface area contributed by atoms with Crippen LogP contribution in [0.5, 0.6) is 0 Å². The molecule has 0 aliphatic heterocycles. The Morgan fingerprint density at radius 2 is 2.36 bits per heavy atom. The van der Waals surface area contributed by atoms with Gasteiger partial charge in [0.1, 0.15) is 12.1 Å². The summed E-state index contributed by atoms with van der Waals surface area (Å²) in [6.45, 7) is 0. The van der Waals surface area contributed by atoms with Crippen LogP contribution < -0.4 is 5.32 Å². The number of thiophene rings is 1. The standard InChI is InChI=1S/C7H7N3S/c1-8-7-6-5(2-3-11-6)9-4-10-7/h2-4H,1H3,(H,8,9,10). The van der Waals surface area contributed by atoms with Crippen molar-refractivity contribution in [1.29, 1.82) is 0 Å². The summed E-state index contributed by atoms with van der Waals surface area (Å²) in [5.41, 5.74) is 1.01. The van der Waals surface area contributed by atoms with E-state index < -0.39 is 0 Å². The summed E-state index contributed by atoms with van der Waals surface area (Å²) in [4.78, 5) is 8.19. The van der Waals surface area contributed by atoms with Gasteiger partial charge in [-0.15, -0.1) is 11.3 Å². The van der Waals surface area contributed by atoms with Crippen molar-refractivity contribution in [3.05, 3.63) is 17.8 Å². The van der Waals surface area contributed by atoms with Crippen molar-refractivity contribution >= 4 is 27.4 Å². The maximum Gasteiger partial charge on any atom is 0.147 e. The molecule has 11 heavy (non-hydrogen) atoms. The van der Waals surface area contributed by atoms with E-state index >= 15 is 0 Å². The molecular formula is C7H7N3S. The van der Waals surface area contributed by atoms with Crippen LogP contribution in [-0.2, 0) is 0 Å². The molecule has 0 bridgehead atoms. The number of aromatic nitrogens is 2. The van der Waals surface area contributed by atoms with Gasteiger partial charge in [-0.25, -0.2) is 9.97 Å². The molecule has 4 heteroatoms. The number of nitrogens with one attached hydrogen (secondary N) is 1. The first-order chi connectivity index (χ1) is 5.42. The van der Waals surface area contributed by atoms with Gasteiger partial charge in [0, 0.05) is 7.05 Å². The molecule has 0 fully saturated rings. The Hall–Kier alpha value is -1.16. The summed E-state index contributed by atoms with van der Waals surface area (Å²) < 4.78 is 1.12. The van der Waals surface area contributed by atoms with Crippen LogP contribution >= 0.6 is 11.3 Å². The molecule has 0 aromatic carbocycles. The molecule has 1 N–H and O–H groups in total. The van der Waals surface area contributed by atoms with E-state index in [1.807, 2.05) is 18.5 Å². The molecule has 2 rings (SSSR count). The molecule has 2 aromatic heterocycles. The first-order valence-electron chi connectivity index (χ1n) is 3.28. The highest BCUT2D eigenvalue weighted by atomic mass is 32.1. The Kier molecular flexibility index (Phi) is 1.47. The van der Waals surface area contributed by atoms with E-state index in [0.717, 1.165) is 16.0 Å². The molecule has 0 aliphatic carbocycles. The second-order valence-corrected chi connectivity index (χ2v) is 3.02. The summed E-state index contributed by atoms with van der Waals surface area (Å²) in [6.07, 6.45) is 1.57. The fourth-order valence-electron chi connectivity index (χ4n) is 0.967. The van der Waals surface area contributed by atoms with Gasteiger partial charge in [-0.1, -0.05) is 0 Å². The lowest BCUT2D eigenvalue weighted by Crippen LogP contribution is -1.91. The average Bonchev–Trinajstić information content (AvgIpc) is 2.50. The summed E-state index contributed by atoms with van der Waals surface area (Å²) in [5, 5.41) is 5.03. The number of rotatable bonds is 1. The van der Waals surface area contributed by atoms with E-state index in [2.05, 4.69) is 15.3 Å². The van der Waals surface area contributed by atoms with E-state index in [0.29, 0.717) is 0 Å². The van der Waals surface area contributed by atoms with Gasteiger partial charge in [-0.3, -0.25) is 0 Å². The van der Waals surface area contributed by atoms with E-state index in [1.54, 1.807) is 17.7 Å². The Balaban J connectivity index is 2.79. The van der Waals surface area contributed by atoms with E-state index in [9.17, 15) is 0 Å². The zero-order chi connectivity index (χ0) is 7.68. The monoisotopic (exact) mass is 165 g/mol. The molecule has 0 unspecified atom stereocenters. The van der Waals surface area contributed by atoms with Crippen LogP contribution in [-0.4, -0.2) is 17.0 Å². The van der Waals surface area contributed by atoms with Gasteiger partial charge in [0.2, 0.25) is 0 Å². The normalized spacial score (nSPS) is 10.3. The van der Waals surface area contributed by atoms with Crippen molar-refractivity contribution in [2.45, 2.75) is 0 Å². The van der Waals surface area contributed by atoms with Crippen molar-refractivity contribution in [2.75, 3.05) is 12.4 Å². The lowest BCUT2D eigenvalue weighted by Gasteiger charge is -1.97. The molecule has 0 atom stereocenters. The van der Waals surface area contributed by atoms with Gasteiger partial charge < -0.3 is 5.32 Å². The molecule has 3 nitrogen and oxygen atoms in total. The third kappa shape index (κ3) is 0.952. The van der Waals surface area contributed by atoms with Crippen LogP contribution in [0.4, 0.5) is 5.82 Å². The number of nitrogens with zero attached hydrogens (tertiary/aromatic N) is 2. The molecule has 0 spiro atoms. The quantitative estimate of drug-likeness (QED) is 0.699. The summed E-state index contributed by atoms with van der Waals surface area (Å²) >= 11 is 1.65. The summed E-state index contributed by atoms with van der Waals surface area (Å²) in [7, 11) is 1.86. The van der Waals surface area contributed by atoms with Crippen LogP contribution in [0, 0.1) is 0 Å².